The zero-order valence-corrected chi connectivity index (χ0v) is 13.6. The Morgan fingerprint density at radius 1 is 1.19 bits per heavy atom. The maximum Gasteiger partial charge on any atom is 0.223 e. The highest BCUT2D eigenvalue weighted by molar-refractivity contribution is 9.10. The molecule has 21 heavy (non-hydrogen) atoms. The molecule has 0 radical (unpaired) electrons. The van der Waals surface area contributed by atoms with Gasteiger partial charge in [0.2, 0.25) is 5.91 Å². The summed E-state index contributed by atoms with van der Waals surface area (Å²) in [7, 11) is 0. The Bertz CT molecular complexity index is 549. The minimum atomic E-state index is 0.187. The van der Waals surface area contributed by atoms with Crippen LogP contribution in [0.15, 0.2) is 28.7 Å². The molecule has 1 aromatic carbocycles. The molecule has 1 amide bonds. The Kier molecular flexibility index (Phi) is 3.54. The molecular weight excluding hydrogens is 328 g/mol. The Balaban J connectivity index is 1.35. The first-order valence-corrected chi connectivity index (χ1v) is 8.80. The van der Waals surface area contributed by atoms with Crippen LogP contribution in [-0.4, -0.2) is 24.0 Å². The minimum absolute atomic E-state index is 0.187. The molecule has 4 atom stereocenters. The average molecular weight is 349 g/mol. The standard InChI is InChI=1S/C17H21BrN2O/c18-11-3-1-2-10(6-11)15-9-16(15)17(21)20-14-7-12-4-5-13(8-14)19-12/h1-3,6,12-16,19H,4-5,7-9H2,(H,20,21). The zero-order valence-electron chi connectivity index (χ0n) is 12.0. The van der Waals surface area contributed by atoms with Gasteiger partial charge in [-0.25, -0.2) is 0 Å². The normalized spacial score (nSPS) is 37.3. The van der Waals surface area contributed by atoms with E-state index >= 15 is 0 Å². The van der Waals surface area contributed by atoms with E-state index < -0.39 is 0 Å². The van der Waals surface area contributed by atoms with Crippen molar-refractivity contribution in [3.05, 3.63) is 34.3 Å². The zero-order chi connectivity index (χ0) is 14.4. The Morgan fingerprint density at radius 2 is 1.95 bits per heavy atom. The lowest BCUT2D eigenvalue weighted by molar-refractivity contribution is -0.123. The first kappa shape index (κ1) is 13.8. The number of piperidine rings is 1. The van der Waals surface area contributed by atoms with Gasteiger partial charge in [-0.3, -0.25) is 4.79 Å². The fraction of sp³-hybridized carbons (Fsp3) is 0.588. The fourth-order valence-electron chi connectivity index (χ4n) is 4.07. The van der Waals surface area contributed by atoms with Crippen LogP contribution in [0.3, 0.4) is 0 Å². The Labute approximate surface area is 134 Å². The maximum absolute atomic E-state index is 12.4. The summed E-state index contributed by atoms with van der Waals surface area (Å²) in [6, 6.07) is 10.0. The molecule has 1 saturated carbocycles. The molecule has 3 nitrogen and oxygen atoms in total. The molecule has 2 heterocycles. The molecule has 2 N–H and O–H groups in total. The largest absolute Gasteiger partial charge is 0.353 e. The van der Waals surface area contributed by atoms with Gasteiger partial charge in [-0.2, -0.15) is 0 Å². The number of nitrogens with one attached hydrogen (secondary N) is 2. The van der Waals surface area contributed by atoms with Crippen LogP contribution in [0, 0.1) is 5.92 Å². The van der Waals surface area contributed by atoms with Crippen molar-refractivity contribution in [2.75, 3.05) is 0 Å². The smallest absolute Gasteiger partial charge is 0.223 e. The van der Waals surface area contributed by atoms with Gasteiger partial charge in [-0.15, -0.1) is 0 Å². The third-order valence-corrected chi connectivity index (χ3v) is 5.72. The predicted molar refractivity (Wildman–Crippen MR) is 86.1 cm³/mol. The van der Waals surface area contributed by atoms with Gasteiger partial charge in [0.05, 0.1) is 0 Å². The highest BCUT2D eigenvalue weighted by Gasteiger charge is 2.45. The van der Waals surface area contributed by atoms with Gasteiger partial charge in [0.25, 0.3) is 0 Å². The van der Waals surface area contributed by atoms with Crippen LogP contribution in [0.1, 0.15) is 43.6 Å². The van der Waals surface area contributed by atoms with Crippen molar-refractivity contribution in [3.63, 3.8) is 0 Å². The second-order valence-corrected chi connectivity index (χ2v) is 7.73. The monoisotopic (exact) mass is 348 g/mol. The molecule has 0 spiro atoms. The van der Waals surface area contributed by atoms with E-state index in [1.54, 1.807) is 0 Å². The lowest BCUT2D eigenvalue weighted by atomic mass is 9.99. The van der Waals surface area contributed by atoms with Gasteiger partial charge in [0, 0.05) is 28.5 Å². The van der Waals surface area contributed by atoms with Gasteiger partial charge in [-0.1, -0.05) is 28.1 Å². The second kappa shape index (κ2) is 5.40. The molecule has 2 bridgehead atoms. The topological polar surface area (TPSA) is 41.1 Å². The number of rotatable bonds is 3. The molecule has 3 aliphatic rings. The Morgan fingerprint density at radius 3 is 2.67 bits per heavy atom. The summed E-state index contributed by atoms with van der Waals surface area (Å²) in [6.07, 6.45) is 5.77. The fourth-order valence-corrected chi connectivity index (χ4v) is 4.49. The quantitative estimate of drug-likeness (QED) is 0.881. The van der Waals surface area contributed by atoms with Gasteiger partial charge in [0.1, 0.15) is 0 Å². The van der Waals surface area contributed by atoms with E-state index in [1.165, 1.54) is 18.4 Å². The summed E-state index contributed by atoms with van der Waals surface area (Å²) >= 11 is 3.51. The molecule has 4 heteroatoms. The van der Waals surface area contributed by atoms with Crippen molar-refractivity contribution in [1.29, 1.82) is 0 Å². The van der Waals surface area contributed by atoms with Crippen molar-refractivity contribution < 1.29 is 4.79 Å². The molecule has 3 fully saturated rings. The molecule has 1 aromatic rings. The van der Waals surface area contributed by atoms with E-state index in [2.05, 4.69) is 44.8 Å². The molecule has 2 aliphatic heterocycles. The summed E-state index contributed by atoms with van der Waals surface area (Å²) in [4.78, 5) is 12.4. The highest BCUT2D eigenvalue weighted by atomic mass is 79.9. The Hall–Kier alpha value is -0.870. The van der Waals surface area contributed by atoms with Gasteiger partial charge >= 0.3 is 0 Å². The van der Waals surface area contributed by atoms with Gasteiger partial charge in [-0.05, 0) is 55.7 Å². The van der Waals surface area contributed by atoms with Crippen molar-refractivity contribution in [2.45, 2.75) is 56.1 Å². The predicted octanol–water partition coefficient (Wildman–Crippen LogP) is 2.95. The van der Waals surface area contributed by atoms with E-state index in [0.29, 0.717) is 24.0 Å². The number of hydrogen-bond acceptors (Lipinski definition) is 2. The van der Waals surface area contributed by atoms with E-state index in [4.69, 9.17) is 0 Å². The summed E-state index contributed by atoms with van der Waals surface area (Å²) < 4.78 is 1.10. The number of fused-ring (bicyclic) bond motifs is 2. The highest BCUT2D eigenvalue weighted by Crippen LogP contribution is 2.48. The van der Waals surface area contributed by atoms with E-state index in [-0.39, 0.29) is 11.8 Å². The first-order valence-electron chi connectivity index (χ1n) is 8.01. The third-order valence-electron chi connectivity index (χ3n) is 5.22. The molecule has 1 aliphatic carbocycles. The third kappa shape index (κ3) is 2.88. The summed E-state index contributed by atoms with van der Waals surface area (Å²) in [5.41, 5.74) is 1.29. The molecular formula is C17H21BrN2O. The number of halogens is 1. The van der Waals surface area contributed by atoms with Crippen LogP contribution in [0.2, 0.25) is 0 Å². The van der Waals surface area contributed by atoms with Crippen molar-refractivity contribution in [3.8, 4) is 0 Å². The number of benzene rings is 1. The van der Waals surface area contributed by atoms with Crippen molar-refractivity contribution in [2.24, 2.45) is 5.92 Å². The average Bonchev–Trinajstić information content (AvgIpc) is 3.19. The second-order valence-electron chi connectivity index (χ2n) is 6.82. The van der Waals surface area contributed by atoms with Gasteiger partial charge < -0.3 is 10.6 Å². The van der Waals surface area contributed by atoms with Crippen LogP contribution < -0.4 is 10.6 Å². The number of amides is 1. The maximum atomic E-state index is 12.4. The molecule has 112 valence electrons. The molecule has 4 unspecified atom stereocenters. The molecule has 4 rings (SSSR count). The van der Waals surface area contributed by atoms with Crippen LogP contribution in [0.5, 0.6) is 0 Å². The van der Waals surface area contributed by atoms with Crippen LogP contribution in [-0.2, 0) is 4.79 Å². The molecule has 0 aromatic heterocycles. The van der Waals surface area contributed by atoms with E-state index in [1.807, 2.05) is 6.07 Å². The number of carbonyl (C=O) groups is 1. The van der Waals surface area contributed by atoms with Crippen molar-refractivity contribution in [1.82, 2.24) is 10.6 Å². The van der Waals surface area contributed by atoms with E-state index in [0.717, 1.165) is 23.7 Å². The lowest BCUT2D eigenvalue weighted by Gasteiger charge is -2.29. The van der Waals surface area contributed by atoms with Crippen LogP contribution in [0.4, 0.5) is 0 Å². The minimum Gasteiger partial charge on any atom is -0.353 e. The van der Waals surface area contributed by atoms with Crippen LogP contribution in [0.25, 0.3) is 0 Å². The van der Waals surface area contributed by atoms with Gasteiger partial charge in [0.15, 0.2) is 0 Å². The molecule has 2 saturated heterocycles. The SMILES string of the molecule is O=C(NC1CC2CCC(C1)N2)C1CC1c1cccc(Br)c1. The lowest BCUT2D eigenvalue weighted by Crippen LogP contribution is -2.48. The summed E-state index contributed by atoms with van der Waals surface area (Å²) in [6.45, 7) is 0. The van der Waals surface area contributed by atoms with Crippen LogP contribution >= 0.6 is 15.9 Å². The van der Waals surface area contributed by atoms with E-state index in [9.17, 15) is 4.79 Å². The number of carbonyl (C=O) groups excluding carboxylic acids is 1. The summed E-state index contributed by atoms with van der Waals surface area (Å²) in [5.74, 6) is 0.874. The first-order chi connectivity index (χ1) is 10.2. The number of hydrogen-bond donors (Lipinski definition) is 2. The van der Waals surface area contributed by atoms with Crippen molar-refractivity contribution >= 4 is 21.8 Å². The summed E-state index contributed by atoms with van der Waals surface area (Å²) in [5, 5.41) is 6.93.